The molecule has 0 saturated carbocycles. The van der Waals surface area contributed by atoms with Crippen LogP contribution >= 0.6 is 11.6 Å². The predicted molar refractivity (Wildman–Crippen MR) is 75.6 cm³/mol. The summed E-state index contributed by atoms with van der Waals surface area (Å²) in [6.45, 7) is 0. The maximum atomic E-state index is 13.5. The lowest BCUT2D eigenvalue weighted by atomic mass is 10.0. The van der Waals surface area contributed by atoms with E-state index in [4.69, 9.17) is 17.3 Å². The summed E-state index contributed by atoms with van der Waals surface area (Å²) in [5.41, 5.74) is 8.18. The lowest BCUT2D eigenvalue weighted by Gasteiger charge is -2.13. The number of hydrogen-bond donors (Lipinski definition) is 1. The van der Waals surface area contributed by atoms with Crippen LogP contribution < -0.4 is 10.6 Å². The number of rotatable bonds is 2. The molecule has 0 atom stereocenters. The van der Waals surface area contributed by atoms with E-state index in [1.54, 1.807) is 6.07 Å². The Labute approximate surface area is 111 Å². The summed E-state index contributed by atoms with van der Waals surface area (Å²) in [7, 11) is 3.93. The number of nitrogens with zero attached hydrogens (tertiary/aromatic N) is 1. The van der Waals surface area contributed by atoms with E-state index < -0.39 is 5.82 Å². The van der Waals surface area contributed by atoms with E-state index in [-0.39, 0.29) is 10.7 Å². The van der Waals surface area contributed by atoms with Crippen LogP contribution in [0.1, 0.15) is 0 Å². The van der Waals surface area contributed by atoms with Gasteiger partial charge in [-0.05, 0) is 35.4 Å². The molecule has 0 aliphatic rings. The second kappa shape index (κ2) is 4.86. The highest BCUT2D eigenvalue weighted by atomic mass is 35.5. The minimum absolute atomic E-state index is 0.00896. The Bertz CT molecular complexity index is 542. The summed E-state index contributed by atoms with van der Waals surface area (Å²) in [6.07, 6.45) is 0. The zero-order chi connectivity index (χ0) is 13.3. The van der Waals surface area contributed by atoms with Crippen LogP contribution in [0.15, 0.2) is 36.4 Å². The van der Waals surface area contributed by atoms with E-state index in [0.717, 1.165) is 16.8 Å². The van der Waals surface area contributed by atoms with Crippen LogP contribution in [0.2, 0.25) is 5.02 Å². The highest BCUT2D eigenvalue weighted by Gasteiger charge is 2.08. The Kier molecular flexibility index (Phi) is 3.43. The SMILES string of the molecule is CN(C)c1ccc(-c2cc(F)c(N)c(Cl)c2)cc1. The van der Waals surface area contributed by atoms with Gasteiger partial charge in [0.1, 0.15) is 5.82 Å². The third-order valence-corrected chi connectivity index (χ3v) is 3.11. The fraction of sp³-hybridized carbons (Fsp3) is 0.143. The van der Waals surface area contributed by atoms with Crippen LogP contribution in [0.25, 0.3) is 11.1 Å². The molecule has 0 aliphatic carbocycles. The number of anilines is 2. The van der Waals surface area contributed by atoms with E-state index in [2.05, 4.69) is 0 Å². The third kappa shape index (κ3) is 2.41. The van der Waals surface area contributed by atoms with Crippen molar-refractivity contribution in [2.75, 3.05) is 24.7 Å². The molecule has 0 aromatic heterocycles. The van der Waals surface area contributed by atoms with Crippen LogP contribution in [0, 0.1) is 5.82 Å². The minimum atomic E-state index is -0.491. The van der Waals surface area contributed by atoms with Gasteiger partial charge in [0, 0.05) is 19.8 Å². The topological polar surface area (TPSA) is 29.3 Å². The first-order valence-corrected chi connectivity index (χ1v) is 5.89. The van der Waals surface area contributed by atoms with Gasteiger partial charge in [0.15, 0.2) is 0 Å². The summed E-state index contributed by atoms with van der Waals surface area (Å²) < 4.78 is 13.5. The van der Waals surface area contributed by atoms with Gasteiger partial charge in [-0.25, -0.2) is 4.39 Å². The Morgan fingerprint density at radius 2 is 1.67 bits per heavy atom. The van der Waals surface area contributed by atoms with Crippen LogP contribution in [0.4, 0.5) is 15.8 Å². The van der Waals surface area contributed by atoms with Crippen molar-refractivity contribution in [3.05, 3.63) is 47.2 Å². The lowest BCUT2D eigenvalue weighted by Crippen LogP contribution is -2.07. The number of hydrogen-bond acceptors (Lipinski definition) is 2. The molecule has 0 fully saturated rings. The molecule has 4 heteroatoms. The standard InChI is InChI=1S/C14H14ClFN2/c1-18(2)11-5-3-9(4-6-11)10-7-12(15)14(17)13(16)8-10/h3-8H,17H2,1-2H3. The van der Waals surface area contributed by atoms with Crippen LogP contribution in [-0.2, 0) is 0 Å². The Hall–Kier alpha value is -1.74. The van der Waals surface area contributed by atoms with Gasteiger partial charge >= 0.3 is 0 Å². The molecule has 18 heavy (non-hydrogen) atoms. The third-order valence-electron chi connectivity index (χ3n) is 2.80. The van der Waals surface area contributed by atoms with Crippen molar-refractivity contribution in [3.8, 4) is 11.1 Å². The molecule has 2 aromatic carbocycles. The molecule has 0 aliphatic heterocycles. The first-order chi connectivity index (χ1) is 8.49. The average molecular weight is 265 g/mol. The molecule has 0 unspecified atom stereocenters. The molecule has 94 valence electrons. The molecule has 0 bridgehead atoms. The van der Waals surface area contributed by atoms with Crippen molar-refractivity contribution in [2.45, 2.75) is 0 Å². The van der Waals surface area contributed by atoms with Crippen molar-refractivity contribution in [3.63, 3.8) is 0 Å². The zero-order valence-corrected chi connectivity index (χ0v) is 11.0. The van der Waals surface area contributed by atoms with Crippen molar-refractivity contribution in [1.29, 1.82) is 0 Å². The van der Waals surface area contributed by atoms with Crippen molar-refractivity contribution < 1.29 is 4.39 Å². The average Bonchev–Trinajstić information content (AvgIpc) is 2.35. The van der Waals surface area contributed by atoms with Crippen LogP contribution in [0.3, 0.4) is 0 Å². The number of nitrogen functional groups attached to an aromatic ring is 1. The van der Waals surface area contributed by atoms with Crippen molar-refractivity contribution >= 4 is 23.0 Å². The molecule has 0 radical (unpaired) electrons. The number of benzene rings is 2. The summed E-state index contributed by atoms with van der Waals surface area (Å²) in [6, 6.07) is 10.9. The van der Waals surface area contributed by atoms with Crippen LogP contribution in [0.5, 0.6) is 0 Å². The minimum Gasteiger partial charge on any atom is -0.395 e. The molecular formula is C14H14ClFN2. The van der Waals surface area contributed by atoms with E-state index >= 15 is 0 Å². The van der Waals surface area contributed by atoms with Crippen molar-refractivity contribution in [2.24, 2.45) is 0 Å². The molecule has 0 heterocycles. The maximum Gasteiger partial charge on any atom is 0.148 e. The lowest BCUT2D eigenvalue weighted by molar-refractivity contribution is 0.633. The normalized spacial score (nSPS) is 10.4. The van der Waals surface area contributed by atoms with Crippen LogP contribution in [-0.4, -0.2) is 14.1 Å². The zero-order valence-electron chi connectivity index (χ0n) is 10.2. The summed E-state index contributed by atoms with van der Waals surface area (Å²) in [4.78, 5) is 2.00. The van der Waals surface area contributed by atoms with E-state index in [1.165, 1.54) is 6.07 Å². The van der Waals surface area contributed by atoms with Crippen molar-refractivity contribution in [1.82, 2.24) is 0 Å². The fourth-order valence-electron chi connectivity index (χ4n) is 1.70. The van der Waals surface area contributed by atoms with Gasteiger partial charge in [0.05, 0.1) is 10.7 Å². The highest BCUT2D eigenvalue weighted by Crippen LogP contribution is 2.30. The highest BCUT2D eigenvalue weighted by molar-refractivity contribution is 6.33. The Morgan fingerprint density at radius 1 is 1.06 bits per heavy atom. The molecule has 2 aromatic rings. The second-order valence-corrected chi connectivity index (χ2v) is 4.70. The predicted octanol–water partition coefficient (Wildman–Crippen LogP) is 3.79. The maximum absolute atomic E-state index is 13.5. The van der Waals surface area contributed by atoms with E-state index in [1.807, 2.05) is 43.3 Å². The molecule has 2 nitrogen and oxygen atoms in total. The van der Waals surface area contributed by atoms with Gasteiger partial charge in [-0.3, -0.25) is 0 Å². The fourth-order valence-corrected chi connectivity index (χ4v) is 1.91. The largest absolute Gasteiger partial charge is 0.395 e. The Balaban J connectivity index is 2.43. The second-order valence-electron chi connectivity index (χ2n) is 4.29. The first-order valence-electron chi connectivity index (χ1n) is 5.51. The van der Waals surface area contributed by atoms with Gasteiger partial charge in [-0.15, -0.1) is 0 Å². The summed E-state index contributed by atoms with van der Waals surface area (Å²) >= 11 is 5.88. The molecule has 0 spiro atoms. The van der Waals surface area contributed by atoms with E-state index in [9.17, 15) is 4.39 Å². The van der Waals surface area contributed by atoms with Gasteiger partial charge < -0.3 is 10.6 Å². The van der Waals surface area contributed by atoms with Gasteiger partial charge in [-0.2, -0.15) is 0 Å². The monoisotopic (exact) mass is 264 g/mol. The first kappa shape index (κ1) is 12.7. The molecule has 0 saturated heterocycles. The number of nitrogens with two attached hydrogens (primary N) is 1. The smallest absolute Gasteiger partial charge is 0.148 e. The Morgan fingerprint density at radius 3 is 2.17 bits per heavy atom. The number of halogens is 2. The molecule has 2 N–H and O–H groups in total. The summed E-state index contributed by atoms with van der Waals surface area (Å²) in [5.74, 6) is -0.491. The van der Waals surface area contributed by atoms with E-state index in [0.29, 0.717) is 0 Å². The molecular weight excluding hydrogens is 251 g/mol. The van der Waals surface area contributed by atoms with Gasteiger partial charge in [0.2, 0.25) is 0 Å². The van der Waals surface area contributed by atoms with Gasteiger partial charge in [-0.1, -0.05) is 23.7 Å². The molecule has 0 amide bonds. The van der Waals surface area contributed by atoms with Gasteiger partial charge in [0.25, 0.3) is 0 Å². The summed E-state index contributed by atoms with van der Waals surface area (Å²) in [5, 5.41) is 0.238. The molecule has 2 rings (SSSR count). The quantitative estimate of drug-likeness (QED) is 0.836.